The first-order valence-electron chi connectivity index (χ1n) is 9.25. The van der Waals surface area contributed by atoms with Crippen molar-refractivity contribution in [3.8, 4) is 5.75 Å². The van der Waals surface area contributed by atoms with Gasteiger partial charge in [-0.3, -0.25) is 9.69 Å². The van der Waals surface area contributed by atoms with Crippen molar-refractivity contribution in [2.75, 3.05) is 46.5 Å². The van der Waals surface area contributed by atoms with Gasteiger partial charge in [0, 0.05) is 50.1 Å². The van der Waals surface area contributed by atoms with E-state index in [9.17, 15) is 9.59 Å². The summed E-state index contributed by atoms with van der Waals surface area (Å²) in [7, 11) is 1.57. The van der Waals surface area contributed by atoms with Gasteiger partial charge in [0.15, 0.2) is 0 Å². The third-order valence-electron chi connectivity index (χ3n) is 4.83. The van der Waals surface area contributed by atoms with Crippen LogP contribution in [0.5, 0.6) is 5.75 Å². The van der Waals surface area contributed by atoms with Gasteiger partial charge in [0.25, 0.3) is 0 Å². The molecule has 2 aromatic rings. The second-order valence-corrected chi connectivity index (χ2v) is 6.71. The highest BCUT2D eigenvalue weighted by molar-refractivity contribution is 5.83. The van der Waals surface area contributed by atoms with Gasteiger partial charge in [-0.1, -0.05) is 0 Å². The number of benzene rings is 1. The van der Waals surface area contributed by atoms with Crippen LogP contribution in [0.15, 0.2) is 27.4 Å². The highest BCUT2D eigenvalue weighted by Crippen LogP contribution is 2.28. The van der Waals surface area contributed by atoms with Gasteiger partial charge in [0.1, 0.15) is 11.3 Å². The number of amides is 1. The molecular formula is C20H26N2O5. The Kier molecular flexibility index (Phi) is 6.47. The van der Waals surface area contributed by atoms with Gasteiger partial charge in [0.2, 0.25) is 5.91 Å². The van der Waals surface area contributed by atoms with Crippen molar-refractivity contribution >= 4 is 16.9 Å². The second-order valence-electron chi connectivity index (χ2n) is 6.71. The maximum atomic E-state index is 12.2. The molecule has 1 fully saturated rings. The highest BCUT2D eigenvalue weighted by Gasteiger charge is 2.13. The molecule has 1 saturated heterocycles. The van der Waals surface area contributed by atoms with Crippen LogP contribution in [-0.4, -0.2) is 57.3 Å². The Balaban J connectivity index is 1.58. The fourth-order valence-electron chi connectivity index (χ4n) is 3.29. The van der Waals surface area contributed by atoms with E-state index in [0.29, 0.717) is 30.7 Å². The molecule has 1 aromatic carbocycles. The van der Waals surface area contributed by atoms with Gasteiger partial charge in [-0.25, -0.2) is 4.79 Å². The van der Waals surface area contributed by atoms with Crippen LogP contribution in [0, 0.1) is 6.92 Å². The summed E-state index contributed by atoms with van der Waals surface area (Å²) in [5.74, 6) is 0.638. The van der Waals surface area contributed by atoms with Crippen molar-refractivity contribution in [2.45, 2.75) is 19.8 Å². The molecule has 0 unspecified atom stereocenters. The smallest absolute Gasteiger partial charge is 0.336 e. The van der Waals surface area contributed by atoms with E-state index < -0.39 is 0 Å². The third kappa shape index (κ3) is 5.08. The van der Waals surface area contributed by atoms with E-state index in [1.807, 2.05) is 13.0 Å². The lowest BCUT2D eigenvalue weighted by atomic mass is 10.0. The number of morpholine rings is 1. The molecule has 2 heterocycles. The molecule has 0 radical (unpaired) electrons. The largest absolute Gasteiger partial charge is 0.496 e. The lowest BCUT2D eigenvalue weighted by Gasteiger charge is -2.26. The maximum Gasteiger partial charge on any atom is 0.336 e. The Morgan fingerprint density at radius 2 is 2.04 bits per heavy atom. The number of nitrogens with one attached hydrogen (secondary N) is 1. The molecule has 0 aliphatic carbocycles. The number of hydrogen-bond acceptors (Lipinski definition) is 6. The molecular weight excluding hydrogens is 348 g/mol. The zero-order chi connectivity index (χ0) is 19.2. The summed E-state index contributed by atoms with van der Waals surface area (Å²) in [6.07, 6.45) is 0.932. The Hall–Kier alpha value is -2.38. The summed E-state index contributed by atoms with van der Waals surface area (Å²) in [5, 5.41) is 3.83. The number of rotatable bonds is 7. The van der Waals surface area contributed by atoms with Crippen LogP contribution in [0.25, 0.3) is 11.0 Å². The number of carbonyl (C=O) groups excluding carboxylic acids is 1. The van der Waals surface area contributed by atoms with Crippen LogP contribution < -0.4 is 15.7 Å². The highest BCUT2D eigenvalue weighted by atomic mass is 16.5. The molecule has 1 amide bonds. The van der Waals surface area contributed by atoms with Crippen molar-refractivity contribution in [3.63, 3.8) is 0 Å². The van der Waals surface area contributed by atoms with E-state index in [2.05, 4.69) is 10.2 Å². The van der Waals surface area contributed by atoms with E-state index in [0.717, 1.165) is 49.4 Å². The summed E-state index contributed by atoms with van der Waals surface area (Å²) in [6.45, 7) is 6.70. The fraction of sp³-hybridized carbons (Fsp3) is 0.500. The van der Waals surface area contributed by atoms with E-state index in [1.54, 1.807) is 13.2 Å². The predicted octanol–water partition coefficient (Wildman–Crippen LogP) is 1.49. The summed E-state index contributed by atoms with van der Waals surface area (Å²) in [5.41, 5.74) is 1.88. The number of nitrogens with zero attached hydrogens (tertiary/aromatic N) is 1. The second kappa shape index (κ2) is 9.01. The van der Waals surface area contributed by atoms with Crippen LogP contribution in [0.3, 0.4) is 0 Å². The Bertz CT molecular complexity index is 855. The third-order valence-corrected chi connectivity index (χ3v) is 4.83. The fourth-order valence-corrected chi connectivity index (χ4v) is 3.29. The zero-order valence-corrected chi connectivity index (χ0v) is 15.9. The lowest BCUT2D eigenvalue weighted by molar-refractivity contribution is -0.121. The number of carbonyl (C=O) groups is 1. The first kappa shape index (κ1) is 19.4. The van der Waals surface area contributed by atoms with E-state index in [1.165, 1.54) is 6.07 Å². The SMILES string of the molecule is COc1cc2oc(=O)cc(C)c2cc1CCC(=O)NCCN1CCOCC1. The topological polar surface area (TPSA) is 81.0 Å². The molecule has 1 aromatic heterocycles. The molecule has 1 N–H and O–H groups in total. The number of methoxy groups -OCH3 is 1. The normalized spacial score (nSPS) is 15.0. The van der Waals surface area contributed by atoms with Crippen molar-refractivity contribution in [2.24, 2.45) is 0 Å². The van der Waals surface area contributed by atoms with Crippen LogP contribution in [0.1, 0.15) is 17.5 Å². The van der Waals surface area contributed by atoms with Gasteiger partial charge in [-0.2, -0.15) is 0 Å². The monoisotopic (exact) mass is 374 g/mol. The average molecular weight is 374 g/mol. The molecule has 0 saturated carbocycles. The van der Waals surface area contributed by atoms with Crippen molar-refractivity contribution in [1.82, 2.24) is 10.2 Å². The molecule has 0 spiro atoms. The summed E-state index contributed by atoms with van der Waals surface area (Å²) >= 11 is 0. The maximum absolute atomic E-state index is 12.2. The quantitative estimate of drug-likeness (QED) is 0.740. The first-order chi connectivity index (χ1) is 13.1. The molecule has 3 rings (SSSR count). The zero-order valence-electron chi connectivity index (χ0n) is 15.9. The van der Waals surface area contributed by atoms with Crippen LogP contribution in [0.2, 0.25) is 0 Å². The number of aryl methyl sites for hydroxylation is 2. The van der Waals surface area contributed by atoms with Crippen molar-refractivity contribution in [1.29, 1.82) is 0 Å². The molecule has 146 valence electrons. The summed E-state index contributed by atoms with van der Waals surface area (Å²) in [4.78, 5) is 26.0. The Morgan fingerprint density at radius 1 is 1.26 bits per heavy atom. The standard InChI is InChI=1S/C20H26N2O5/c1-14-11-20(24)27-18-13-17(25-2)15(12-16(14)18)3-4-19(23)21-5-6-22-7-9-26-10-8-22/h11-13H,3-10H2,1-2H3,(H,21,23). The molecule has 7 heteroatoms. The van der Waals surface area contributed by atoms with Crippen LogP contribution in [-0.2, 0) is 16.0 Å². The van der Waals surface area contributed by atoms with Gasteiger partial charge in [-0.15, -0.1) is 0 Å². The number of hydrogen-bond donors (Lipinski definition) is 1. The van der Waals surface area contributed by atoms with Gasteiger partial charge < -0.3 is 19.2 Å². The Morgan fingerprint density at radius 3 is 2.78 bits per heavy atom. The van der Waals surface area contributed by atoms with Crippen LogP contribution >= 0.6 is 0 Å². The molecule has 1 aliphatic heterocycles. The molecule has 1 aliphatic rings. The minimum absolute atomic E-state index is 0.0155. The first-order valence-corrected chi connectivity index (χ1v) is 9.25. The minimum Gasteiger partial charge on any atom is -0.496 e. The molecule has 0 bridgehead atoms. The number of ether oxygens (including phenoxy) is 2. The van der Waals surface area contributed by atoms with Gasteiger partial charge in [0.05, 0.1) is 20.3 Å². The average Bonchev–Trinajstić information content (AvgIpc) is 2.66. The van der Waals surface area contributed by atoms with E-state index >= 15 is 0 Å². The molecule has 27 heavy (non-hydrogen) atoms. The summed E-state index contributed by atoms with van der Waals surface area (Å²) < 4.78 is 16.0. The number of fused-ring (bicyclic) bond motifs is 1. The predicted molar refractivity (Wildman–Crippen MR) is 102 cm³/mol. The van der Waals surface area contributed by atoms with Crippen molar-refractivity contribution in [3.05, 3.63) is 39.7 Å². The van der Waals surface area contributed by atoms with Crippen LogP contribution in [0.4, 0.5) is 0 Å². The molecule has 7 nitrogen and oxygen atoms in total. The van der Waals surface area contributed by atoms with Gasteiger partial charge >= 0.3 is 5.63 Å². The van der Waals surface area contributed by atoms with Crippen molar-refractivity contribution < 1.29 is 18.7 Å². The van der Waals surface area contributed by atoms with Gasteiger partial charge in [-0.05, 0) is 30.5 Å². The van der Waals surface area contributed by atoms with E-state index in [4.69, 9.17) is 13.9 Å². The molecule has 0 atom stereocenters. The minimum atomic E-state index is -0.380. The van der Waals surface area contributed by atoms with E-state index in [-0.39, 0.29) is 11.5 Å². The lowest BCUT2D eigenvalue weighted by Crippen LogP contribution is -2.41. The summed E-state index contributed by atoms with van der Waals surface area (Å²) in [6, 6.07) is 5.12. The Labute approximate surface area is 158 Å².